The first-order valence-corrected chi connectivity index (χ1v) is 7.67. The number of nitrogens with zero attached hydrogens (tertiary/aromatic N) is 1. The van der Waals surface area contributed by atoms with Gasteiger partial charge in [-0.3, -0.25) is 4.55 Å². The SMILES string of the molecule is CCC(C[N+]1=Cc2ccccc2CC1)OS(=O)(=O)O. The van der Waals surface area contributed by atoms with Crippen molar-refractivity contribution in [2.24, 2.45) is 0 Å². The Morgan fingerprint density at radius 1 is 1.42 bits per heavy atom. The highest BCUT2D eigenvalue weighted by molar-refractivity contribution is 7.80. The minimum Gasteiger partial charge on any atom is -0.264 e. The predicted molar refractivity (Wildman–Crippen MR) is 72.0 cm³/mol. The first kappa shape index (κ1) is 14.2. The van der Waals surface area contributed by atoms with E-state index in [1.165, 1.54) is 5.56 Å². The fraction of sp³-hybridized carbons (Fsp3) is 0.462. The van der Waals surface area contributed by atoms with Crippen molar-refractivity contribution in [1.29, 1.82) is 0 Å². The van der Waals surface area contributed by atoms with E-state index in [9.17, 15) is 8.42 Å². The fourth-order valence-corrected chi connectivity index (χ4v) is 2.76. The van der Waals surface area contributed by atoms with Gasteiger partial charge in [0.1, 0.15) is 12.6 Å². The van der Waals surface area contributed by atoms with E-state index >= 15 is 0 Å². The van der Waals surface area contributed by atoms with Crippen LogP contribution < -0.4 is 0 Å². The molecule has 0 fully saturated rings. The molecule has 1 unspecified atom stereocenters. The third-order valence-corrected chi connectivity index (χ3v) is 3.71. The molecule has 6 heteroatoms. The maximum atomic E-state index is 10.7. The Morgan fingerprint density at radius 3 is 2.84 bits per heavy atom. The Kier molecular flexibility index (Phi) is 4.34. The zero-order valence-electron chi connectivity index (χ0n) is 10.8. The van der Waals surface area contributed by atoms with Gasteiger partial charge in [0, 0.05) is 12.0 Å². The maximum absolute atomic E-state index is 10.7. The third kappa shape index (κ3) is 4.12. The van der Waals surface area contributed by atoms with E-state index in [1.54, 1.807) is 0 Å². The Hall–Kier alpha value is -1.24. The van der Waals surface area contributed by atoms with Crippen LogP contribution in [0.25, 0.3) is 0 Å². The normalized spacial score (nSPS) is 16.6. The summed E-state index contributed by atoms with van der Waals surface area (Å²) < 4.78 is 36.9. The number of hydrogen-bond acceptors (Lipinski definition) is 3. The van der Waals surface area contributed by atoms with Gasteiger partial charge in [-0.15, -0.1) is 0 Å². The van der Waals surface area contributed by atoms with Gasteiger partial charge in [0.2, 0.25) is 0 Å². The smallest absolute Gasteiger partial charge is 0.264 e. The van der Waals surface area contributed by atoms with Gasteiger partial charge in [-0.25, -0.2) is 8.76 Å². The molecule has 1 atom stereocenters. The zero-order chi connectivity index (χ0) is 13.9. The van der Waals surface area contributed by atoms with E-state index in [4.69, 9.17) is 4.55 Å². The highest BCUT2D eigenvalue weighted by atomic mass is 32.3. The van der Waals surface area contributed by atoms with Crippen LogP contribution in [0.5, 0.6) is 0 Å². The maximum Gasteiger partial charge on any atom is 0.397 e. The van der Waals surface area contributed by atoms with E-state index < -0.39 is 16.5 Å². The lowest BCUT2D eigenvalue weighted by Crippen LogP contribution is -2.32. The average Bonchev–Trinajstić information content (AvgIpc) is 2.36. The van der Waals surface area contributed by atoms with Crippen LogP contribution in [0.15, 0.2) is 24.3 Å². The molecule has 104 valence electrons. The second kappa shape index (κ2) is 5.81. The van der Waals surface area contributed by atoms with E-state index in [1.807, 2.05) is 35.9 Å². The molecule has 0 saturated carbocycles. The average molecular weight is 284 g/mol. The van der Waals surface area contributed by atoms with Crippen LogP contribution in [0.4, 0.5) is 0 Å². The molecular weight excluding hydrogens is 266 g/mol. The van der Waals surface area contributed by atoms with Crippen LogP contribution in [0.1, 0.15) is 24.5 Å². The Bertz CT molecular complexity index is 580. The Labute approximate surface area is 113 Å². The van der Waals surface area contributed by atoms with Crippen LogP contribution in [0.2, 0.25) is 0 Å². The van der Waals surface area contributed by atoms with Crippen molar-refractivity contribution >= 4 is 16.6 Å². The third-order valence-electron chi connectivity index (χ3n) is 3.20. The first-order chi connectivity index (χ1) is 8.98. The highest BCUT2D eigenvalue weighted by Crippen LogP contribution is 2.12. The van der Waals surface area contributed by atoms with Crippen molar-refractivity contribution in [3.8, 4) is 0 Å². The zero-order valence-corrected chi connectivity index (χ0v) is 11.6. The van der Waals surface area contributed by atoms with E-state index in [0.717, 1.165) is 18.5 Å². The fourth-order valence-electron chi connectivity index (χ4n) is 2.22. The molecule has 2 rings (SSSR count). The summed E-state index contributed by atoms with van der Waals surface area (Å²) in [5.74, 6) is 0. The Balaban J connectivity index is 2.10. The molecule has 5 nitrogen and oxygen atoms in total. The number of rotatable bonds is 5. The van der Waals surface area contributed by atoms with Gasteiger partial charge < -0.3 is 0 Å². The second-order valence-corrected chi connectivity index (χ2v) is 5.67. The van der Waals surface area contributed by atoms with Gasteiger partial charge in [0.25, 0.3) is 0 Å². The molecule has 0 spiro atoms. The molecular formula is C13H18NO4S+. The van der Waals surface area contributed by atoms with Gasteiger partial charge in [0.05, 0.1) is 0 Å². The molecule has 1 aromatic carbocycles. The van der Waals surface area contributed by atoms with Crippen molar-refractivity contribution in [1.82, 2.24) is 0 Å². The molecule has 0 aromatic heterocycles. The minimum atomic E-state index is -4.39. The van der Waals surface area contributed by atoms with Crippen LogP contribution in [0.3, 0.4) is 0 Å². The summed E-state index contributed by atoms with van der Waals surface area (Å²) in [6, 6.07) is 8.12. The molecule has 0 saturated heterocycles. The molecule has 1 N–H and O–H groups in total. The standard InChI is InChI=1S/C13H17NO4S/c1-2-13(18-19(15,16)17)10-14-8-7-11-5-3-4-6-12(11)9-14/h3-6,9,13H,2,7-8,10H2,1H3/p+1. The molecule has 1 aliphatic rings. The quantitative estimate of drug-likeness (QED) is 0.653. The lowest BCUT2D eigenvalue weighted by atomic mass is 10.0. The lowest BCUT2D eigenvalue weighted by Gasteiger charge is -2.16. The van der Waals surface area contributed by atoms with Gasteiger partial charge in [-0.1, -0.05) is 25.1 Å². The monoisotopic (exact) mass is 284 g/mol. The van der Waals surface area contributed by atoms with Crippen LogP contribution in [-0.2, 0) is 21.0 Å². The van der Waals surface area contributed by atoms with Gasteiger partial charge in [-0.2, -0.15) is 8.42 Å². The molecule has 0 radical (unpaired) electrons. The largest absolute Gasteiger partial charge is 0.397 e. The molecule has 0 aliphatic carbocycles. The highest BCUT2D eigenvalue weighted by Gasteiger charge is 2.23. The van der Waals surface area contributed by atoms with Crippen molar-refractivity contribution in [2.75, 3.05) is 13.1 Å². The molecule has 1 heterocycles. The number of benzene rings is 1. The van der Waals surface area contributed by atoms with Crippen molar-refractivity contribution < 1.29 is 21.7 Å². The molecule has 1 aromatic rings. The summed E-state index contributed by atoms with van der Waals surface area (Å²) in [4.78, 5) is 0. The first-order valence-electron chi connectivity index (χ1n) is 6.30. The number of fused-ring (bicyclic) bond motifs is 1. The van der Waals surface area contributed by atoms with Gasteiger partial charge in [0.15, 0.2) is 12.8 Å². The van der Waals surface area contributed by atoms with Crippen LogP contribution in [-0.4, -0.2) is 43.0 Å². The molecule has 19 heavy (non-hydrogen) atoms. The summed E-state index contributed by atoms with van der Waals surface area (Å²) in [6.45, 7) is 3.10. The summed E-state index contributed by atoms with van der Waals surface area (Å²) in [6.07, 6.45) is 2.92. The summed E-state index contributed by atoms with van der Waals surface area (Å²) in [5, 5.41) is 0. The molecule has 0 bridgehead atoms. The summed E-state index contributed by atoms with van der Waals surface area (Å²) >= 11 is 0. The van der Waals surface area contributed by atoms with E-state index in [2.05, 4.69) is 10.2 Å². The lowest BCUT2D eigenvalue weighted by molar-refractivity contribution is -0.531. The summed E-state index contributed by atoms with van der Waals surface area (Å²) in [7, 11) is -4.39. The topological polar surface area (TPSA) is 66.6 Å². The Morgan fingerprint density at radius 2 is 2.16 bits per heavy atom. The van der Waals surface area contributed by atoms with E-state index in [0.29, 0.717) is 13.0 Å². The van der Waals surface area contributed by atoms with Crippen molar-refractivity contribution in [3.63, 3.8) is 0 Å². The molecule has 0 amide bonds. The molecule has 1 aliphatic heterocycles. The van der Waals surface area contributed by atoms with Gasteiger partial charge in [-0.05, 0) is 18.1 Å². The van der Waals surface area contributed by atoms with E-state index in [-0.39, 0.29) is 0 Å². The second-order valence-electron chi connectivity index (χ2n) is 4.63. The number of hydrogen-bond donors (Lipinski definition) is 1. The predicted octanol–water partition coefficient (Wildman–Crippen LogP) is 1.27. The minimum absolute atomic E-state index is 0.449. The van der Waals surface area contributed by atoms with Crippen molar-refractivity contribution in [3.05, 3.63) is 35.4 Å². The van der Waals surface area contributed by atoms with Gasteiger partial charge >= 0.3 is 10.4 Å². The summed E-state index contributed by atoms with van der Waals surface area (Å²) in [5.41, 5.74) is 2.44. The van der Waals surface area contributed by atoms with Crippen molar-refractivity contribution in [2.45, 2.75) is 25.9 Å². The van der Waals surface area contributed by atoms with Crippen LogP contribution >= 0.6 is 0 Å². The van der Waals surface area contributed by atoms with Crippen LogP contribution in [0, 0.1) is 0 Å².